The summed E-state index contributed by atoms with van der Waals surface area (Å²) < 4.78 is 6.91. The minimum absolute atomic E-state index is 0.131. The van der Waals surface area contributed by atoms with Crippen molar-refractivity contribution >= 4 is 5.82 Å². The number of aryl methyl sites for hydroxylation is 1. The molecule has 1 unspecified atom stereocenters. The van der Waals surface area contributed by atoms with Crippen molar-refractivity contribution in [2.75, 3.05) is 25.5 Å². The lowest BCUT2D eigenvalue weighted by Crippen LogP contribution is -2.25. The first-order valence-electron chi connectivity index (χ1n) is 4.72. The maximum Gasteiger partial charge on any atom is 0.147 e. The van der Waals surface area contributed by atoms with Crippen molar-refractivity contribution in [1.82, 2.24) is 9.78 Å². The minimum Gasteiger partial charge on any atom is -0.380 e. The molecule has 0 aliphatic heterocycles. The molecule has 0 aliphatic carbocycles. The number of methoxy groups -OCH3 is 1. The SMILES string of the molecule is COC(CN)CCNc1ccn(C)n1. The fraction of sp³-hybridized carbons (Fsp3) is 0.667. The highest BCUT2D eigenvalue weighted by Gasteiger charge is 2.03. The summed E-state index contributed by atoms with van der Waals surface area (Å²) in [6.07, 6.45) is 2.93. The standard InChI is InChI=1S/C9H18N4O/c1-13-6-4-9(12-13)11-5-3-8(7-10)14-2/h4,6,8H,3,5,7,10H2,1-2H3,(H,11,12). The van der Waals surface area contributed by atoms with E-state index in [9.17, 15) is 0 Å². The number of aromatic nitrogens is 2. The second-order valence-corrected chi connectivity index (χ2v) is 3.18. The van der Waals surface area contributed by atoms with Gasteiger partial charge in [0.1, 0.15) is 5.82 Å². The molecule has 0 radical (unpaired) electrons. The number of nitrogens with two attached hydrogens (primary N) is 1. The van der Waals surface area contributed by atoms with Crippen LogP contribution < -0.4 is 11.1 Å². The van der Waals surface area contributed by atoms with Crippen LogP contribution in [0.25, 0.3) is 0 Å². The van der Waals surface area contributed by atoms with Gasteiger partial charge in [0.2, 0.25) is 0 Å². The molecule has 0 saturated carbocycles. The largest absolute Gasteiger partial charge is 0.380 e. The molecular weight excluding hydrogens is 180 g/mol. The highest BCUT2D eigenvalue weighted by Crippen LogP contribution is 2.02. The van der Waals surface area contributed by atoms with Crippen LogP contribution in [0.3, 0.4) is 0 Å². The molecule has 1 rings (SSSR count). The zero-order valence-corrected chi connectivity index (χ0v) is 8.73. The van der Waals surface area contributed by atoms with Crippen LogP contribution in [0, 0.1) is 0 Å². The first-order valence-corrected chi connectivity index (χ1v) is 4.72. The number of anilines is 1. The lowest BCUT2D eigenvalue weighted by Gasteiger charge is -2.12. The molecule has 0 aliphatic rings. The van der Waals surface area contributed by atoms with Crippen LogP contribution >= 0.6 is 0 Å². The molecule has 1 heterocycles. The lowest BCUT2D eigenvalue weighted by atomic mass is 10.2. The molecule has 1 aromatic heterocycles. The van der Waals surface area contributed by atoms with E-state index < -0.39 is 0 Å². The molecule has 1 aromatic rings. The Hall–Kier alpha value is -1.07. The monoisotopic (exact) mass is 198 g/mol. The van der Waals surface area contributed by atoms with Gasteiger partial charge in [-0.2, -0.15) is 5.10 Å². The second-order valence-electron chi connectivity index (χ2n) is 3.18. The summed E-state index contributed by atoms with van der Waals surface area (Å²) in [7, 11) is 3.57. The maximum absolute atomic E-state index is 5.49. The minimum atomic E-state index is 0.131. The number of rotatable bonds is 6. The van der Waals surface area contributed by atoms with E-state index in [0.717, 1.165) is 18.8 Å². The smallest absolute Gasteiger partial charge is 0.147 e. The van der Waals surface area contributed by atoms with Gasteiger partial charge in [-0.15, -0.1) is 0 Å². The maximum atomic E-state index is 5.49. The van der Waals surface area contributed by atoms with Crippen LogP contribution in [0.4, 0.5) is 5.82 Å². The molecule has 0 saturated heterocycles. The number of nitrogens with zero attached hydrogens (tertiary/aromatic N) is 2. The van der Waals surface area contributed by atoms with Gasteiger partial charge in [0.25, 0.3) is 0 Å². The predicted molar refractivity (Wildman–Crippen MR) is 56.2 cm³/mol. The number of hydrogen-bond acceptors (Lipinski definition) is 4. The average Bonchev–Trinajstić information content (AvgIpc) is 2.59. The van der Waals surface area contributed by atoms with E-state index >= 15 is 0 Å². The summed E-state index contributed by atoms with van der Waals surface area (Å²) >= 11 is 0. The number of nitrogens with one attached hydrogen (secondary N) is 1. The number of ether oxygens (including phenoxy) is 1. The van der Waals surface area contributed by atoms with Crippen molar-refractivity contribution in [3.05, 3.63) is 12.3 Å². The van der Waals surface area contributed by atoms with Crippen molar-refractivity contribution in [3.63, 3.8) is 0 Å². The summed E-state index contributed by atoms with van der Waals surface area (Å²) in [6, 6.07) is 1.93. The molecule has 5 heteroatoms. The van der Waals surface area contributed by atoms with Crippen molar-refractivity contribution in [3.8, 4) is 0 Å². The van der Waals surface area contributed by atoms with Gasteiger partial charge in [0.15, 0.2) is 0 Å². The topological polar surface area (TPSA) is 65.1 Å². The zero-order valence-electron chi connectivity index (χ0n) is 8.73. The first-order chi connectivity index (χ1) is 6.76. The molecule has 5 nitrogen and oxygen atoms in total. The van der Waals surface area contributed by atoms with Gasteiger partial charge in [0.05, 0.1) is 6.10 Å². The van der Waals surface area contributed by atoms with Crippen molar-refractivity contribution in [1.29, 1.82) is 0 Å². The Balaban J connectivity index is 2.21. The van der Waals surface area contributed by atoms with Crippen molar-refractivity contribution in [2.24, 2.45) is 12.8 Å². The van der Waals surface area contributed by atoms with Crippen LogP contribution in [0.5, 0.6) is 0 Å². The summed E-state index contributed by atoms with van der Waals surface area (Å²) in [4.78, 5) is 0. The van der Waals surface area contributed by atoms with Gasteiger partial charge >= 0.3 is 0 Å². The molecular formula is C9H18N4O. The predicted octanol–water partition coefficient (Wildman–Crippen LogP) is 0.196. The summed E-state index contributed by atoms with van der Waals surface area (Å²) in [5, 5.41) is 7.39. The van der Waals surface area contributed by atoms with E-state index in [-0.39, 0.29) is 6.10 Å². The molecule has 0 fully saturated rings. The molecule has 0 bridgehead atoms. The van der Waals surface area contributed by atoms with Crippen LogP contribution in [-0.4, -0.2) is 36.1 Å². The van der Waals surface area contributed by atoms with Gasteiger partial charge in [-0.25, -0.2) is 0 Å². The van der Waals surface area contributed by atoms with Gasteiger partial charge in [-0.1, -0.05) is 0 Å². The van der Waals surface area contributed by atoms with Crippen LogP contribution in [0.15, 0.2) is 12.3 Å². The molecule has 80 valence electrons. The molecule has 0 aromatic carbocycles. The summed E-state index contributed by atoms with van der Waals surface area (Å²) in [6.45, 7) is 1.38. The average molecular weight is 198 g/mol. The second kappa shape index (κ2) is 5.62. The third-order valence-corrected chi connectivity index (χ3v) is 2.08. The lowest BCUT2D eigenvalue weighted by molar-refractivity contribution is 0.105. The Morgan fingerprint density at radius 2 is 2.50 bits per heavy atom. The normalized spacial score (nSPS) is 12.8. The Labute approximate surface area is 84.2 Å². The van der Waals surface area contributed by atoms with E-state index in [1.807, 2.05) is 19.3 Å². The molecule has 0 spiro atoms. The third kappa shape index (κ3) is 3.35. The molecule has 1 atom stereocenters. The van der Waals surface area contributed by atoms with Gasteiger partial charge in [0, 0.05) is 39.5 Å². The van der Waals surface area contributed by atoms with Gasteiger partial charge in [-0.3, -0.25) is 4.68 Å². The molecule has 3 N–H and O–H groups in total. The molecule has 0 amide bonds. The van der Waals surface area contributed by atoms with Crippen molar-refractivity contribution in [2.45, 2.75) is 12.5 Å². The fourth-order valence-electron chi connectivity index (χ4n) is 1.20. The van der Waals surface area contributed by atoms with Crippen molar-refractivity contribution < 1.29 is 4.74 Å². The van der Waals surface area contributed by atoms with Gasteiger partial charge < -0.3 is 15.8 Å². The van der Waals surface area contributed by atoms with E-state index in [0.29, 0.717) is 6.54 Å². The van der Waals surface area contributed by atoms with Crippen LogP contribution in [-0.2, 0) is 11.8 Å². The van der Waals surface area contributed by atoms with Gasteiger partial charge in [-0.05, 0) is 6.42 Å². The fourth-order valence-corrected chi connectivity index (χ4v) is 1.20. The van der Waals surface area contributed by atoms with E-state index in [1.165, 1.54) is 0 Å². The van der Waals surface area contributed by atoms with E-state index in [4.69, 9.17) is 10.5 Å². The van der Waals surface area contributed by atoms with E-state index in [1.54, 1.807) is 11.8 Å². The summed E-state index contributed by atoms with van der Waals surface area (Å²) in [5.74, 6) is 0.888. The van der Waals surface area contributed by atoms with Crippen LogP contribution in [0.2, 0.25) is 0 Å². The van der Waals surface area contributed by atoms with E-state index in [2.05, 4.69) is 10.4 Å². The molecule has 14 heavy (non-hydrogen) atoms. The third-order valence-electron chi connectivity index (χ3n) is 2.08. The quantitative estimate of drug-likeness (QED) is 0.685. The Bertz CT molecular complexity index is 257. The first kappa shape index (κ1) is 11.0. The highest BCUT2D eigenvalue weighted by atomic mass is 16.5. The zero-order chi connectivity index (χ0) is 10.4. The number of hydrogen-bond donors (Lipinski definition) is 2. The Kier molecular flexibility index (Phi) is 4.42. The summed E-state index contributed by atoms with van der Waals surface area (Å²) in [5.41, 5.74) is 5.49. The Morgan fingerprint density at radius 1 is 1.71 bits per heavy atom. The van der Waals surface area contributed by atoms with Crippen LogP contribution in [0.1, 0.15) is 6.42 Å². The Morgan fingerprint density at radius 3 is 3.00 bits per heavy atom. The highest BCUT2D eigenvalue weighted by molar-refractivity contribution is 5.31.